The third kappa shape index (κ3) is 4.06. The highest BCUT2D eigenvalue weighted by Crippen LogP contribution is 2.18. The third-order valence-electron chi connectivity index (χ3n) is 2.03. The fraction of sp³-hybridized carbons (Fsp3) is 0.455. The second-order valence-corrected chi connectivity index (χ2v) is 3.98. The van der Waals surface area contributed by atoms with Crippen LogP contribution in [0.2, 0.25) is 5.02 Å². The quantitative estimate of drug-likeness (QED) is 0.841. The van der Waals surface area contributed by atoms with Gasteiger partial charge in [0.15, 0.2) is 0 Å². The first-order chi connectivity index (χ1) is 7.13. The minimum atomic E-state index is -0.402. The first-order valence-corrected chi connectivity index (χ1v) is 5.19. The molecule has 0 heterocycles. The molecular weight excluding hydrogens is 217 g/mol. The number of hydrogen-bond acceptors (Lipinski definition) is 2. The molecule has 1 aromatic carbocycles. The molecule has 0 aliphatic rings. The van der Waals surface area contributed by atoms with Gasteiger partial charge in [-0.25, -0.2) is 4.39 Å². The zero-order valence-electron chi connectivity index (χ0n) is 8.89. The maximum absolute atomic E-state index is 13.1. The zero-order chi connectivity index (χ0) is 11.3. The summed E-state index contributed by atoms with van der Waals surface area (Å²) in [6, 6.07) is 4.69. The summed E-state index contributed by atoms with van der Waals surface area (Å²) < 4.78 is 18.1. The molecule has 4 heteroatoms. The highest BCUT2D eigenvalue weighted by atomic mass is 35.5. The summed E-state index contributed by atoms with van der Waals surface area (Å²) in [4.78, 5) is 0. The van der Waals surface area contributed by atoms with Crippen LogP contribution in [0, 0.1) is 11.7 Å². The zero-order valence-corrected chi connectivity index (χ0v) is 9.64. The molecule has 0 fully saturated rings. The Kier molecular flexibility index (Phi) is 4.85. The topological polar surface area (TPSA) is 21.3 Å². The molecule has 1 N–H and O–H groups in total. The lowest BCUT2D eigenvalue weighted by Crippen LogP contribution is -2.15. The summed E-state index contributed by atoms with van der Waals surface area (Å²) in [6.07, 6.45) is 0. The van der Waals surface area contributed by atoms with E-state index in [0.29, 0.717) is 12.5 Å². The van der Waals surface area contributed by atoms with Gasteiger partial charge in [-0.1, -0.05) is 18.5 Å². The van der Waals surface area contributed by atoms with Gasteiger partial charge in [0.2, 0.25) is 0 Å². The molecule has 84 valence electrons. The summed E-state index contributed by atoms with van der Waals surface area (Å²) >= 11 is 5.57. The van der Waals surface area contributed by atoms with Crippen LogP contribution in [0.15, 0.2) is 18.2 Å². The molecule has 0 radical (unpaired) electrons. The summed E-state index contributed by atoms with van der Waals surface area (Å²) in [7, 11) is 1.67. The van der Waals surface area contributed by atoms with Crippen molar-refractivity contribution in [2.75, 3.05) is 25.6 Å². The Labute approximate surface area is 94.4 Å². The van der Waals surface area contributed by atoms with Crippen LogP contribution in [0.3, 0.4) is 0 Å². The van der Waals surface area contributed by atoms with E-state index in [-0.39, 0.29) is 5.02 Å². The number of methoxy groups -OCH3 is 1. The molecule has 1 unspecified atom stereocenters. The van der Waals surface area contributed by atoms with Gasteiger partial charge in [-0.05, 0) is 24.1 Å². The van der Waals surface area contributed by atoms with Crippen molar-refractivity contribution < 1.29 is 9.13 Å². The van der Waals surface area contributed by atoms with E-state index in [4.69, 9.17) is 16.3 Å². The normalized spacial score (nSPS) is 12.5. The number of benzene rings is 1. The summed E-state index contributed by atoms with van der Waals surface area (Å²) in [5, 5.41) is 3.26. The van der Waals surface area contributed by atoms with Crippen molar-refractivity contribution in [1.82, 2.24) is 0 Å². The van der Waals surface area contributed by atoms with Gasteiger partial charge in [0.1, 0.15) is 5.82 Å². The van der Waals surface area contributed by atoms with Gasteiger partial charge >= 0.3 is 0 Å². The number of halogens is 2. The summed E-state index contributed by atoms with van der Waals surface area (Å²) in [6.45, 7) is 3.49. The summed E-state index contributed by atoms with van der Waals surface area (Å²) in [5.74, 6) is -0.0187. The van der Waals surface area contributed by atoms with Crippen molar-refractivity contribution in [3.8, 4) is 0 Å². The van der Waals surface area contributed by atoms with Crippen LogP contribution in [0.5, 0.6) is 0 Å². The maximum atomic E-state index is 13.1. The predicted octanol–water partition coefficient (Wildman–Crippen LogP) is 3.17. The van der Waals surface area contributed by atoms with Crippen LogP contribution in [0.1, 0.15) is 6.92 Å². The smallest absolute Gasteiger partial charge is 0.143 e. The van der Waals surface area contributed by atoms with E-state index in [1.165, 1.54) is 6.07 Å². The third-order valence-corrected chi connectivity index (χ3v) is 2.33. The van der Waals surface area contributed by atoms with Crippen molar-refractivity contribution in [2.24, 2.45) is 5.92 Å². The molecule has 0 saturated heterocycles. The SMILES string of the molecule is COCC(C)CNc1ccc(Cl)c(F)c1. The van der Waals surface area contributed by atoms with E-state index < -0.39 is 5.82 Å². The first kappa shape index (κ1) is 12.3. The second kappa shape index (κ2) is 5.93. The van der Waals surface area contributed by atoms with Crippen molar-refractivity contribution in [3.05, 3.63) is 29.0 Å². The number of hydrogen-bond donors (Lipinski definition) is 1. The predicted molar refractivity (Wildman–Crippen MR) is 60.9 cm³/mol. The van der Waals surface area contributed by atoms with Gasteiger partial charge in [-0.2, -0.15) is 0 Å². The Morgan fingerprint density at radius 1 is 1.53 bits per heavy atom. The molecule has 0 spiro atoms. The number of ether oxygens (including phenoxy) is 1. The van der Waals surface area contributed by atoms with Gasteiger partial charge in [0, 0.05) is 19.3 Å². The van der Waals surface area contributed by atoms with Crippen LogP contribution < -0.4 is 5.32 Å². The van der Waals surface area contributed by atoms with Crippen LogP contribution >= 0.6 is 11.6 Å². The Bertz CT molecular complexity index is 319. The highest BCUT2D eigenvalue weighted by Gasteiger charge is 2.03. The van der Waals surface area contributed by atoms with E-state index in [1.807, 2.05) is 0 Å². The van der Waals surface area contributed by atoms with Crippen molar-refractivity contribution in [2.45, 2.75) is 6.92 Å². The van der Waals surface area contributed by atoms with Crippen LogP contribution in [-0.2, 0) is 4.74 Å². The molecule has 0 aromatic heterocycles. The largest absolute Gasteiger partial charge is 0.385 e. The summed E-state index contributed by atoms with van der Waals surface area (Å²) in [5.41, 5.74) is 0.736. The lowest BCUT2D eigenvalue weighted by Gasteiger charge is -2.12. The lowest BCUT2D eigenvalue weighted by atomic mass is 10.2. The molecule has 15 heavy (non-hydrogen) atoms. The Morgan fingerprint density at radius 3 is 2.87 bits per heavy atom. The molecule has 0 aliphatic carbocycles. The molecule has 2 nitrogen and oxygen atoms in total. The standard InChI is InChI=1S/C11H15ClFNO/c1-8(7-15-2)6-14-9-3-4-10(12)11(13)5-9/h3-5,8,14H,6-7H2,1-2H3. The fourth-order valence-electron chi connectivity index (χ4n) is 1.24. The van der Waals surface area contributed by atoms with E-state index in [2.05, 4.69) is 12.2 Å². The van der Waals surface area contributed by atoms with Gasteiger partial charge in [0.25, 0.3) is 0 Å². The Balaban J connectivity index is 2.47. The van der Waals surface area contributed by atoms with Crippen molar-refractivity contribution >= 4 is 17.3 Å². The molecule has 0 aliphatic heterocycles. The monoisotopic (exact) mass is 231 g/mol. The van der Waals surface area contributed by atoms with E-state index in [1.54, 1.807) is 19.2 Å². The van der Waals surface area contributed by atoms with Crippen molar-refractivity contribution in [1.29, 1.82) is 0 Å². The molecule has 1 aromatic rings. The van der Waals surface area contributed by atoms with Crippen LogP contribution in [0.4, 0.5) is 10.1 Å². The van der Waals surface area contributed by atoms with Crippen LogP contribution in [-0.4, -0.2) is 20.3 Å². The van der Waals surface area contributed by atoms with E-state index in [9.17, 15) is 4.39 Å². The molecule has 0 bridgehead atoms. The van der Waals surface area contributed by atoms with E-state index >= 15 is 0 Å². The number of rotatable bonds is 5. The molecule has 0 amide bonds. The molecule has 1 rings (SSSR count). The Morgan fingerprint density at radius 2 is 2.27 bits per heavy atom. The van der Waals surface area contributed by atoms with E-state index in [0.717, 1.165) is 12.2 Å². The first-order valence-electron chi connectivity index (χ1n) is 4.81. The number of nitrogens with one attached hydrogen (secondary N) is 1. The van der Waals surface area contributed by atoms with Gasteiger partial charge in [-0.3, -0.25) is 0 Å². The van der Waals surface area contributed by atoms with Crippen LogP contribution in [0.25, 0.3) is 0 Å². The highest BCUT2D eigenvalue weighted by molar-refractivity contribution is 6.30. The van der Waals surface area contributed by atoms with Gasteiger partial charge < -0.3 is 10.1 Å². The maximum Gasteiger partial charge on any atom is 0.143 e. The average Bonchev–Trinajstić information content (AvgIpc) is 2.20. The second-order valence-electron chi connectivity index (χ2n) is 3.57. The lowest BCUT2D eigenvalue weighted by molar-refractivity contribution is 0.164. The van der Waals surface area contributed by atoms with Gasteiger partial charge in [-0.15, -0.1) is 0 Å². The molecule has 0 saturated carbocycles. The minimum absolute atomic E-state index is 0.144. The average molecular weight is 232 g/mol. The van der Waals surface area contributed by atoms with Crippen molar-refractivity contribution in [3.63, 3.8) is 0 Å². The Hall–Kier alpha value is -0.800. The minimum Gasteiger partial charge on any atom is -0.385 e. The molecular formula is C11H15ClFNO. The number of anilines is 1. The van der Waals surface area contributed by atoms with Gasteiger partial charge in [0.05, 0.1) is 11.6 Å². The molecule has 1 atom stereocenters. The fourth-order valence-corrected chi connectivity index (χ4v) is 1.36.